The molecular weight excluding hydrogens is 155 g/mol. The van der Waals surface area contributed by atoms with E-state index in [2.05, 4.69) is 11.9 Å². The molecule has 0 saturated heterocycles. The molecule has 0 saturated carbocycles. The Morgan fingerprint density at radius 1 is 1.45 bits per heavy atom. The summed E-state index contributed by atoms with van der Waals surface area (Å²) in [6.07, 6.45) is -3.33. The summed E-state index contributed by atoms with van der Waals surface area (Å²) < 4.78 is 36.0. The van der Waals surface area contributed by atoms with Gasteiger partial charge in [-0.25, -0.2) is 0 Å². The minimum Gasteiger partial charge on any atom is -0.388 e. The molecule has 0 aliphatic rings. The third-order valence-electron chi connectivity index (χ3n) is 1.22. The maximum absolute atomic E-state index is 12.0. The molecule has 0 fully saturated rings. The fourth-order valence-corrected chi connectivity index (χ4v) is 0.644. The average Bonchev–Trinajstić information content (AvgIpc) is 1.86. The number of hydrogen-bond donors (Lipinski definition) is 1. The van der Waals surface area contributed by atoms with Crippen molar-refractivity contribution in [3.63, 3.8) is 0 Å². The lowest BCUT2D eigenvalue weighted by Gasteiger charge is -2.12. The van der Waals surface area contributed by atoms with E-state index in [4.69, 9.17) is 0 Å². The highest BCUT2D eigenvalue weighted by molar-refractivity contribution is 5.30. The molecule has 11 heavy (non-hydrogen) atoms. The normalized spacial score (nSPS) is 13.0. The fraction of sp³-hybridized carbons (Fsp3) is 0.429. The second-order valence-electron chi connectivity index (χ2n) is 1.93. The van der Waals surface area contributed by atoms with Gasteiger partial charge in [-0.15, -0.1) is 0 Å². The maximum atomic E-state index is 12.0. The zero-order chi connectivity index (χ0) is 9.07. The van der Waals surface area contributed by atoms with Gasteiger partial charge in [0.25, 0.3) is 0 Å². The number of allylic oxidation sites excluding steroid dienone is 2. The summed E-state index contributed by atoms with van der Waals surface area (Å²) in [5.41, 5.74) is -0.833. The Hall–Kier alpha value is -0.930. The molecule has 0 aromatic heterocycles. The molecule has 0 rings (SSSR count). The highest BCUT2D eigenvalue weighted by Crippen LogP contribution is 2.28. The van der Waals surface area contributed by atoms with Crippen LogP contribution >= 0.6 is 0 Å². The fourth-order valence-electron chi connectivity index (χ4n) is 0.644. The number of rotatable bonds is 2. The van der Waals surface area contributed by atoms with Crippen molar-refractivity contribution in [2.75, 3.05) is 7.05 Å². The van der Waals surface area contributed by atoms with Crippen LogP contribution in [0.4, 0.5) is 13.2 Å². The van der Waals surface area contributed by atoms with Crippen LogP contribution in [0.2, 0.25) is 0 Å². The quantitative estimate of drug-likeness (QED) is 0.618. The van der Waals surface area contributed by atoms with Crippen LogP contribution in [-0.2, 0) is 0 Å². The van der Waals surface area contributed by atoms with Crippen LogP contribution in [0.1, 0.15) is 6.92 Å². The summed E-state index contributed by atoms with van der Waals surface area (Å²) in [5, 5.41) is 2.34. The number of likely N-dealkylation sites (N-methyl/N-ethyl adjacent to an activating group) is 1. The van der Waals surface area contributed by atoms with E-state index in [1.807, 2.05) is 0 Å². The van der Waals surface area contributed by atoms with Crippen LogP contribution in [0.3, 0.4) is 0 Å². The van der Waals surface area contributed by atoms with Crippen LogP contribution in [-0.4, -0.2) is 13.2 Å². The minimum atomic E-state index is -4.31. The molecular formula is C7H10F3N. The Kier molecular flexibility index (Phi) is 3.17. The standard InChI is InChI=1S/C7H10F3N/c1-4-6(5(2)11-3)7(8,9)10/h4,11H,2H2,1,3H3/b6-4+. The van der Waals surface area contributed by atoms with Crippen LogP contribution in [0.15, 0.2) is 23.9 Å². The third kappa shape index (κ3) is 2.65. The average molecular weight is 165 g/mol. The summed E-state index contributed by atoms with van der Waals surface area (Å²) in [6.45, 7) is 4.54. The summed E-state index contributed by atoms with van der Waals surface area (Å²) >= 11 is 0. The van der Waals surface area contributed by atoms with Crippen molar-refractivity contribution < 1.29 is 13.2 Å². The van der Waals surface area contributed by atoms with Crippen molar-refractivity contribution in [2.45, 2.75) is 13.1 Å². The van der Waals surface area contributed by atoms with Crippen molar-refractivity contribution in [3.8, 4) is 0 Å². The summed E-state index contributed by atoms with van der Waals surface area (Å²) in [4.78, 5) is 0. The van der Waals surface area contributed by atoms with E-state index < -0.39 is 11.7 Å². The molecule has 0 aromatic rings. The van der Waals surface area contributed by atoms with E-state index >= 15 is 0 Å². The van der Waals surface area contributed by atoms with Gasteiger partial charge in [0.05, 0.1) is 5.57 Å². The molecule has 0 bridgehead atoms. The number of nitrogens with one attached hydrogen (secondary N) is 1. The first-order valence-corrected chi connectivity index (χ1v) is 3.04. The predicted octanol–water partition coefficient (Wildman–Crippen LogP) is 2.23. The van der Waals surface area contributed by atoms with Crippen molar-refractivity contribution in [2.24, 2.45) is 0 Å². The molecule has 0 unspecified atom stereocenters. The van der Waals surface area contributed by atoms with E-state index in [1.165, 1.54) is 14.0 Å². The monoisotopic (exact) mass is 165 g/mol. The topological polar surface area (TPSA) is 12.0 Å². The summed E-state index contributed by atoms with van der Waals surface area (Å²) in [6, 6.07) is 0. The van der Waals surface area contributed by atoms with E-state index in [0.29, 0.717) is 0 Å². The number of alkyl halides is 3. The lowest BCUT2D eigenvalue weighted by atomic mass is 10.2. The van der Waals surface area contributed by atoms with Crippen LogP contribution in [0.25, 0.3) is 0 Å². The highest BCUT2D eigenvalue weighted by Gasteiger charge is 2.34. The van der Waals surface area contributed by atoms with Gasteiger partial charge in [0, 0.05) is 12.7 Å². The minimum absolute atomic E-state index is 0.111. The molecule has 1 nitrogen and oxygen atoms in total. The van der Waals surface area contributed by atoms with Gasteiger partial charge in [-0.05, 0) is 6.92 Å². The van der Waals surface area contributed by atoms with E-state index in [-0.39, 0.29) is 5.70 Å². The first-order chi connectivity index (χ1) is 4.93. The molecule has 0 atom stereocenters. The number of hydrogen-bond acceptors (Lipinski definition) is 1. The van der Waals surface area contributed by atoms with Gasteiger partial charge >= 0.3 is 6.18 Å². The zero-order valence-electron chi connectivity index (χ0n) is 6.42. The molecule has 0 aromatic carbocycles. The summed E-state index contributed by atoms with van der Waals surface area (Å²) in [7, 11) is 1.40. The van der Waals surface area contributed by atoms with Crippen LogP contribution < -0.4 is 5.32 Å². The van der Waals surface area contributed by atoms with Crippen molar-refractivity contribution >= 4 is 0 Å². The Morgan fingerprint density at radius 3 is 2.00 bits per heavy atom. The Labute approximate surface area is 63.6 Å². The van der Waals surface area contributed by atoms with Crippen molar-refractivity contribution in [1.82, 2.24) is 5.32 Å². The zero-order valence-corrected chi connectivity index (χ0v) is 6.42. The van der Waals surface area contributed by atoms with Crippen molar-refractivity contribution in [3.05, 3.63) is 23.9 Å². The first kappa shape index (κ1) is 10.1. The third-order valence-corrected chi connectivity index (χ3v) is 1.22. The second-order valence-corrected chi connectivity index (χ2v) is 1.93. The molecule has 0 amide bonds. The molecule has 1 N–H and O–H groups in total. The summed E-state index contributed by atoms with van der Waals surface area (Å²) in [5.74, 6) is 0. The second kappa shape index (κ2) is 3.46. The number of halogens is 3. The maximum Gasteiger partial charge on any atom is 0.418 e. The smallest absolute Gasteiger partial charge is 0.388 e. The van der Waals surface area contributed by atoms with Gasteiger partial charge in [-0.1, -0.05) is 12.7 Å². The lowest BCUT2D eigenvalue weighted by Crippen LogP contribution is -2.19. The Bertz CT molecular complexity index is 179. The van der Waals surface area contributed by atoms with Gasteiger partial charge in [0.2, 0.25) is 0 Å². The van der Waals surface area contributed by atoms with Crippen LogP contribution in [0.5, 0.6) is 0 Å². The van der Waals surface area contributed by atoms with Gasteiger partial charge in [-0.3, -0.25) is 0 Å². The Morgan fingerprint density at radius 2 is 1.91 bits per heavy atom. The molecule has 0 spiro atoms. The van der Waals surface area contributed by atoms with Crippen molar-refractivity contribution in [1.29, 1.82) is 0 Å². The SMILES string of the molecule is C=C(NC)/C(=C\C)C(F)(F)F. The van der Waals surface area contributed by atoms with E-state index in [0.717, 1.165) is 6.08 Å². The molecule has 0 heterocycles. The first-order valence-electron chi connectivity index (χ1n) is 3.04. The molecule has 0 aliphatic carbocycles. The largest absolute Gasteiger partial charge is 0.418 e. The molecule has 0 radical (unpaired) electrons. The Balaban J connectivity index is 4.58. The van der Waals surface area contributed by atoms with Gasteiger partial charge < -0.3 is 5.32 Å². The van der Waals surface area contributed by atoms with E-state index in [9.17, 15) is 13.2 Å². The van der Waals surface area contributed by atoms with Gasteiger partial charge in [-0.2, -0.15) is 13.2 Å². The van der Waals surface area contributed by atoms with Gasteiger partial charge in [0.15, 0.2) is 0 Å². The highest BCUT2D eigenvalue weighted by atomic mass is 19.4. The van der Waals surface area contributed by atoms with E-state index in [1.54, 1.807) is 0 Å². The van der Waals surface area contributed by atoms with Crippen LogP contribution in [0, 0.1) is 0 Å². The molecule has 0 aliphatic heterocycles. The lowest BCUT2D eigenvalue weighted by molar-refractivity contribution is -0.0898. The molecule has 64 valence electrons. The van der Waals surface area contributed by atoms with Gasteiger partial charge in [0.1, 0.15) is 0 Å². The molecule has 4 heteroatoms. The predicted molar refractivity (Wildman–Crippen MR) is 38.0 cm³/mol.